The highest BCUT2D eigenvalue weighted by Gasteiger charge is 2.33. The van der Waals surface area contributed by atoms with Gasteiger partial charge in [0.25, 0.3) is 0 Å². The topological polar surface area (TPSA) is 58.9 Å². The molecule has 0 fully saturated rings. The lowest BCUT2D eigenvalue weighted by Crippen LogP contribution is -2.25. The van der Waals surface area contributed by atoms with Crippen molar-refractivity contribution < 1.29 is 28.5 Å². The fourth-order valence-corrected chi connectivity index (χ4v) is 14.9. The van der Waals surface area contributed by atoms with E-state index in [0.29, 0.717) is 62.4 Å². The van der Waals surface area contributed by atoms with Gasteiger partial charge >= 0.3 is 0 Å². The van der Waals surface area contributed by atoms with Crippen molar-refractivity contribution in [3.05, 3.63) is 190 Å². The van der Waals surface area contributed by atoms with Gasteiger partial charge in [0, 0.05) is 50.9 Å². The molecule has 0 radical (unpaired) electrons. The molecule has 10 aromatic carbocycles. The molecule has 0 saturated carbocycles. The number of ether oxygens (including phenoxy) is 2. The maximum absolute atomic E-state index is 16.3. The Bertz CT molecular complexity index is 4250. The van der Waals surface area contributed by atoms with Crippen molar-refractivity contribution in [1.29, 1.82) is 0 Å². The highest BCUT2D eigenvalue weighted by Crippen LogP contribution is 2.53. The fraction of sp³-hybridized carbons (Fsp3) is 0.388. The molecule has 476 valence electrons. The summed E-state index contributed by atoms with van der Waals surface area (Å²) in [6.07, 6.45) is 11.4. The third-order valence-electron chi connectivity index (χ3n) is 18.6. The van der Waals surface area contributed by atoms with Crippen molar-refractivity contribution in [3.63, 3.8) is 0 Å². The van der Waals surface area contributed by atoms with Gasteiger partial charge in [0.05, 0.1) is 13.2 Å². The van der Waals surface area contributed by atoms with E-state index >= 15 is 8.78 Å². The van der Waals surface area contributed by atoms with Crippen LogP contribution >= 0.6 is 0 Å². The van der Waals surface area contributed by atoms with E-state index in [1.807, 2.05) is 19.9 Å². The van der Waals surface area contributed by atoms with Crippen molar-refractivity contribution in [2.24, 2.45) is 10.8 Å². The van der Waals surface area contributed by atoms with Crippen molar-refractivity contribution in [3.8, 4) is 67.5 Å². The summed E-state index contributed by atoms with van der Waals surface area (Å²) in [7, 11) is 0. The molecule has 10 aromatic rings. The predicted molar refractivity (Wildman–Crippen MR) is 383 cm³/mol. The average molecular weight is 1220 g/mol. The molecule has 0 bridgehead atoms. The van der Waals surface area contributed by atoms with Crippen LogP contribution in [0.1, 0.15) is 187 Å². The summed E-state index contributed by atoms with van der Waals surface area (Å²) in [5.74, 6) is 0.218. The summed E-state index contributed by atoms with van der Waals surface area (Å²) in [6, 6.07) is 47.7. The van der Waals surface area contributed by atoms with Crippen LogP contribution in [0.15, 0.2) is 140 Å². The van der Waals surface area contributed by atoms with Gasteiger partial charge in [-0.3, -0.25) is 0 Å². The maximum Gasteiger partial charge on any atom is 0.131 e. The molecule has 0 aliphatic heterocycles. The van der Waals surface area contributed by atoms with Gasteiger partial charge in [0.2, 0.25) is 0 Å². The Morgan fingerprint density at radius 2 is 0.725 bits per heavy atom. The lowest BCUT2D eigenvalue weighted by molar-refractivity contribution is 0.246. The highest BCUT2D eigenvalue weighted by molar-refractivity contribution is 6.16. The maximum atomic E-state index is 16.3. The van der Waals surface area contributed by atoms with Gasteiger partial charge in [-0.2, -0.15) is 0 Å². The van der Waals surface area contributed by atoms with Gasteiger partial charge in [-0.1, -0.05) is 188 Å². The zero-order valence-corrected chi connectivity index (χ0v) is 57.1. The van der Waals surface area contributed by atoms with Crippen molar-refractivity contribution in [2.75, 3.05) is 13.2 Å². The van der Waals surface area contributed by atoms with Gasteiger partial charge in [-0.25, -0.2) is 8.78 Å². The second-order valence-corrected chi connectivity index (χ2v) is 30.0. The molecule has 2 N–H and O–H groups in total. The zero-order valence-electron chi connectivity index (χ0n) is 57.1. The molecule has 6 heteroatoms. The SMILES string of the molecule is CCCCc1ccc2cc3ccccc3c(-c3cc(C(C)(C)CC(C)(C)C)cc(-c4cc(F)cc(C)c4OCCCOc4c(C)cc(F)cc4-c4cc(C(C)(C)CC(C)(C)C)cc(-c5c6cc(CCCC)ccc6cc6ccc(CCCC)cc56)c4O)c3O)c2c1. The van der Waals surface area contributed by atoms with Crippen LogP contribution in [0.5, 0.6) is 23.0 Å². The van der Waals surface area contributed by atoms with E-state index in [-0.39, 0.29) is 46.4 Å². The number of hydrogen-bond donors (Lipinski definition) is 2. The molecule has 0 aromatic heterocycles. The Hall–Kier alpha value is -7.70. The smallest absolute Gasteiger partial charge is 0.131 e. The van der Waals surface area contributed by atoms with Crippen LogP contribution in [0, 0.1) is 36.3 Å². The van der Waals surface area contributed by atoms with Gasteiger partial charge in [0.1, 0.15) is 34.6 Å². The summed E-state index contributed by atoms with van der Waals surface area (Å²) in [6.45, 7) is 33.4. The lowest BCUT2D eigenvalue weighted by atomic mass is 9.71. The first-order chi connectivity index (χ1) is 43.2. The Balaban J connectivity index is 1.06. The Labute approximate surface area is 542 Å². The number of halogens is 2. The van der Waals surface area contributed by atoms with Crippen LogP contribution in [0.4, 0.5) is 8.78 Å². The fourth-order valence-electron chi connectivity index (χ4n) is 14.9. The molecule has 0 saturated heterocycles. The molecule has 0 amide bonds. The van der Waals surface area contributed by atoms with E-state index in [0.717, 1.165) is 136 Å². The van der Waals surface area contributed by atoms with E-state index in [4.69, 9.17) is 9.47 Å². The monoisotopic (exact) mass is 1220 g/mol. The quantitative estimate of drug-likeness (QED) is 0.0495. The molecule has 0 aliphatic carbocycles. The molecule has 4 nitrogen and oxygen atoms in total. The lowest BCUT2D eigenvalue weighted by Gasteiger charge is -2.34. The van der Waals surface area contributed by atoms with Crippen molar-refractivity contribution >= 4 is 43.1 Å². The number of phenolic OH excluding ortho intramolecular Hbond substituents is 2. The summed E-state index contributed by atoms with van der Waals surface area (Å²) in [5.41, 5.74) is 11.5. The molecule has 0 unspecified atom stereocenters. The Kier molecular flexibility index (Phi) is 19.6. The second-order valence-electron chi connectivity index (χ2n) is 30.0. The number of hydrogen-bond acceptors (Lipinski definition) is 4. The first-order valence-electron chi connectivity index (χ1n) is 33.7. The van der Waals surface area contributed by atoms with E-state index < -0.39 is 11.6 Å². The largest absolute Gasteiger partial charge is 0.507 e. The molecule has 0 aliphatic rings. The second kappa shape index (κ2) is 26.9. The molecule has 0 spiro atoms. The molecular formula is C85H98F2O4. The van der Waals surface area contributed by atoms with E-state index in [2.05, 4.69) is 199 Å². The van der Waals surface area contributed by atoms with Crippen LogP contribution in [0.2, 0.25) is 0 Å². The average Bonchev–Trinajstić information content (AvgIpc) is 0.757. The minimum absolute atomic E-state index is 0.0270. The number of fused-ring (bicyclic) bond motifs is 4. The van der Waals surface area contributed by atoms with Crippen LogP contribution in [0.25, 0.3) is 87.6 Å². The normalized spacial score (nSPS) is 12.5. The van der Waals surface area contributed by atoms with Crippen LogP contribution in [-0.4, -0.2) is 23.4 Å². The predicted octanol–water partition coefficient (Wildman–Crippen LogP) is 24.6. The van der Waals surface area contributed by atoms with Crippen LogP contribution < -0.4 is 9.47 Å². The number of aromatic hydroxyl groups is 2. The molecular weight excluding hydrogens is 1120 g/mol. The zero-order chi connectivity index (χ0) is 65.3. The third kappa shape index (κ3) is 14.7. The van der Waals surface area contributed by atoms with E-state index in [1.54, 1.807) is 0 Å². The minimum Gasteiger partial charge on any atom is -0.507 e. The number of phenols is 2. The summed E-state index contributed by atoms with van der Waals surface area (Å²) in [5, 5.41) is 35.0. The highest BCUT2D eigenvalue weighted by atomic mass is 19.1. The molecule has 0 atom stereocenters. The van der Waals surface area contributed by atoms with Gasteiger partial charge in [-0.15, -0.1) is 0 Å². The first-order valence-corrected chi connectivity index (χ1v) is 33.7. The van der Waals surface area contributed by atoms with Crippen molar-refractivity contribution in [1.82, 2.24) is 0 Å². The Morgan fingerprint density at radius 1 is 0.374 bits per heavy atom. The van der Waals surface area contributed by atoms with Crippen molar-refractivity contribution in [2.45, 2.75) is 192 Å². The molecule has 10 rings (SSSR count). The first kappa shape index (κ1) is 66.2. The number of aryl methyl sites for hydroxylation is 5. The number of unbranched alkanes of at least 4 members (excludes halogenated alkanes) is 3. The van der Waals surface area contributed by atoms with Gasteiger partial charge < -0.3 is 19.7 Å². The minimum atomic E-state index is -0.432. The third-order valence-corrected chi connectivity index (χ3v) is 18.6. The summed E-state index contributed by atoms with van der Waals surface area (Å²) in [4.78, 5) is 0. The number of rotatable bonds is 23. The summed E-state index contributed by atoms with van der Waals surface area (Å²) >= 11 is 0. The van der Waals surface area contributed by atoms with E-state index in [9.17, 15) is 10.2 Å². The van der Waals surface area contributed by atoms with Crippen LogP contribution in [0.3, 0.4) is 0 Å². The van der Waals surface area contributed by atoms with Gasteiger partial charge in [0.15, 0.2) is 0 Å². The van der Waals surface area contributed by atoms with Crippen LogP contribution in [-0.2, 0) is 30.1 Å². The Morgan fingerprint density at radius 3 is 1.10 bits per heavy atom. The number of benzene rings is 10. The molecule has 0 heterocycles. The molecule has 91 heavy (non-hydrogen) atoms. The van der Waals surface area contributed by atoms with Gasteiger partial charge in [-0.05, 0) is 230 Å². The standard InChI is InChI=1S/C85H98F2O4/c1-16-19-25-55-30-33-59-43-58-28-22-23-29-66(58)76(67(59)40-55)74-47-62(84(12,13)51-82(6,7)8)45-70(78(74)88)72-49-64(86)38-53(4)80(72)90-36-24-37-91-81-54(5)39-65(87)50-73(81)71-46-63(85(14,15)52-83(9,10)11)48-75(79(71)89)77-68-41-56(26-20-17-2)31-34-60(68)44-61-35-32-57(27-21-18-3)42-69(61)77/h22-23,28-35,38-50,88-89H,16-21,24-27,36-37,51-52H2,1-15H3. The summed E-state index contributed by atoms with van der Waals surface area (Å²) < 4.78 is 46.2. The van der Waals surface area contributed by atoms with E-state index in [1.165, 1.54) is 41.0 Å².